The maximum absolute atomic E-state index is 11.7. The number of amides is 1. The summed E-state index contributed by atoms with van der Waals surface area (Å²) in [5, 5.41) is 7.21. The monoisotopic (exact) mass is 382 g/mol. The van der Waals surface area contributed by atoms with Crippen molar-refractivity contribution in [3.8, 4) is 0 Å². The van der Waals surface area contributed by atoms with Crippen LogP contribution in [0.15, 0.2) is 24.8 Å². The van der Waals surface area contributed by atoms with E-state index < -0.39 is 0 Å². The van der Waals surface area contributed by atoms with Gasteiger partial charge in [-0.15, -0.1) is 0 Å². The maximum atomic E-state index is 11.7. The minimum atomic E-state index is 0.0405. The van der Waals surface area contributed by atoms with E-state index in [1.165, 1.54) is 12.0 Å². The minimum Gasteiger partial charge on any atom is -0.353 e. The fraction of sp³-hybridized carbons (Fsp3) is 0.579. The first-order valence-electron chi connectivity index (χ1n) is 10.0. The van der Waals surface area contributed by atoms with Crippen LogP contribution >= 0.6 is 0 Å². The van der Waals surface area contributed by atoms with Gasteiger partial charge in [0.25, 0.3) is 0 Å². The quantitative estimate of drug-likeness (QED) is 0.700. The van der Waals surface area contributed by atoms with Crippen LogP contribution in [-0.4, -0.2) is 51.3 Å². The maximum Gasteiger partial charge on any atom is 0.239 e. The molecule has 2 aromatic heterocycles. The van der Waals surface area contributed by atoms with E-state index in [1.54, 1.807) is 6.33 Å². The average Bonchev–Trinajstić information content (AvgIpc) is 3.34. The first-order valence-corrected chi connectivity index (χ1v) is 10.0. The SMILES string of the molecule is Cn1cc(C2CCC3NNC(c4cc(N5CCNC(=O)C5)ncn4)C3C2)cn1. The zero-order chi connectivity index (χ0) is 19.1. The van der Waals surface area contributed by atoms with Gasteiger partial charge in [-0.2, -0.15) is 5.10 Å². The Morgan fingerprint density at radius 2 is 2.14 bits per heavy atom. The molecule has 28 heavy (non-hydrogen) atoms. The highest BCUT2D eigenvalue weighted by molar-refractivity contribution is 5.82. The molecule has 2 aromatic rings. The molecule has 9 nitrogen and oxygen atoms in total. The summed E-state index contributed by atoms with van der Waals surface area (Å²) in [6.45, 7) is 1.77. The lowest BCUT2D eigenvalue weighted by atomic mass is 9.73. The third-order valence-electron chi connectivity index (χ3n) is 6.30. The van der Waals surface area contributed by atoms with Crippen molar-refractivity contribution in [2.24, 2.45) is 13.0 Å². The molecule has 0 radical (unpaired) electrons. The van der Waals surface area contributed by atoms with Crippen LogP contribution in [0.2, 0.25) is 0 Å². The fourth-order valence-electron chi connectivity index (χ4n) is 4.84. The van der Waals surface area contributed by atoms with Gasteiger partial charge in [0.2, 0.25) is 5.91 Å². The largest absolute Gasteiger partial charge is 0.353 e. The number of rotatable bonds is 3. The van der Waals surface area contributed by atoms with Gasteiger partial charge in [0.05, 0.1) is 24.5 Å². The lowest BCUT2D eigenvalue weighted by Gasteiger charge is -2.33. The smallest absolute Gasteiger partial charge is 0.239 e. The van der Waals surface area contributed by atoms with Gasteiger partial charge in [0.1, 0.15) is 12.1 Å². The van der Waals surface area contributed by atoms with E-state index in [1.807, 2.05) is 28.9 Å². The summed E-state index contributed by atoms with van der Waals surface area (Å²) in [6, 6.07) is 2.63. The van der Waals surface area contributed by atoms with Crippen molar-refractivity contribution in [1.82, 2.24) is 35.9 Å². The standard InChI is InChI=1S/C19H26N8O/c1-26-9-13(8-23-26)12-2-3-15-14(6-12)19(25-24-15)16-7-17(22-11-21-16)27-5-4-20-18(28)10-27/h7-9,11-12,14-15,19,24-25H,2-6,10H2,1H3,(H,20,28). The number of hydrazine groups is 1. The number of hydrogen-bond donors (Lipinski definition) is 3. The Hall–Kier alpha value is -2.52. The van der Waals surface area contributed by atoms with Gasteiger partial charge < -0.3 is 10.2 Å². The van der Waals surface area contributed by atoms with E-state index in [0.717, 1.165) is 30.9 Å². The summed E-state index contributed by atoms with van der Waals surface area (Å²) >= 11 is 0. The molecule has 3 aliphatic rings. The zero-order valence-electron chi connectivity index (χ0n) is 16.0. The molecule has 4 atom stereocenters. The third-order valence-corrected chi connectivity index (χ3v) is 6.30. The van der Waals surface area contributed by atoms with Crippen LogP contribution in [0.3, 0.4) is 0 Å². The van der Waals surface area contributed by atoms with Gasteiger partial charge in [-0.25, -0.2) is 15.4 Å². The molecule has 5 rings (SSSR count). The molecule has 0 bridgehead atoms. The Bertz CT molecular complexity index is 867. The molecule has 1 aliphatic carbocycles. The van der Waals surface area contributed by atoms with Crippen molar-refractivity contribution in [2.45, 2.75) is 37.3 Å². The highest BCUT2D eigenvalue weighted by atomic mass is 16.2. The molecule has 1 saturated carbocycles. The molecule has 1 amide bonds. The van der Waals surface area contributed by atoms with E-state index in [-0.39, 0.29) is 11.9 Å². The van der Waals surface area contributed by atoms with Crippen LogP contribution < -0.4 is 21.1 Å². The van der Waals surface area contributed by atoms with Crippen LogP contribution in [0.25, 0.3) is 0 Å². The van der Waals surface area contributed by atoms with Crippen LogP contribution in [0.1, 0.15) is 42.5 Å². The molecular weight excluding hydrogens is 356 g/mol. The van der Waals surface area contributed by atoms with Crippen molar-refractivity contribution >= 4 is 11.7 Å². The number of aryl methyl sites for hydroxylation is 1. The highest BCUT2D eigenvalue weighted by Crippen LogP contribution is 2.43. The minimum absolute atomic E-state index is 0.0405. The summed E-state index contributed by atoms with van der Waals surface area (Å²) in [4.78, 5) is 22.7. The number of hydrogen-bond acceptors (Lipinski definition) is 7. The number of fused-ring (bicyclic) bond motifs is 1. The first kappa shape index (κ1) is 17.6. The molecule has 2 saturated heterocycles. The molecule has 2 aliphatic heterocycles. The van der Waals surface area contributed by atoms with Crippen molar-refractivity contribution in [3.05, 3.63) is 36.0 Å². The molecule has 0 spiro atoms. The van der Waals surface area contributed by atoms with E-state index in [2.05, 4.69) is 37.4 Å². The van der Waals surface area contributed by atoms with Gasteiger partial charge >= 0.3 is 0 Å². The molecule has 3 fully saturated rings. The van der Waals surface area contributed by atoms with Crippen LogP contribution in [-0.2, 0) is 11.8 Å². The van der Waals surface area contributed by atoms with E-state index in [4.69, 9.17) is 0 Å². The second-order valence-corrected chi connectivity index (χ2v) is 8.07. The van der Waals surface area contributed by atoms with Crippen LogP contribution in [0.5, 0.6) is 0 Å². The Kier molecular flexibility index (Phi) is 4.48. The summed E-state index contributed by atoms with van der Waals surface area (Å²) in [5.74, 6) is 1.86. The van der Waals surface area contributed by atoms with Crippen molar-refractivity contribution < 1.29 is 4.79 Å². The number of nitrogens with zero attached hydrogens (tertiary/aromatic N) is 5. The summed E-state index contributed by atoms with van der Waals surface area (Å²) < 4.78 is 1.88. The number of carbonyl (C=O) groups excluding carboxylic acids is 1. The summed E-state index contributed by atoms with van der Waals surface area (Å²) in [5.41, 5.74) is 9.27. The van der Waals surface area contributed by atoms with E-state index in [9.17, 15) is 4.79 Å². The van der Waals surface area contributed by atoms with Gasteiger partial charge in [-0.05, 0) is 36.7 Å². The number of anilines is 1. The topological polar surface area (TPSA) is 100 Å². The normalized spacial score (nSPS) is 30.2. The average molecular weight is 382 g/mol. The van der Waals surface area contributed by atoms with Crippen LogP contribution in [0, 0.1) is 5.92 Å². The molecule has 3 N–H and O–H groups in total. The second-order valence-electron chi connectivity index (χ2n) is 8.07. The van der Waals surface area contributed by atoms with Gasteiger partial charge in [0, 0.05) is 38.4 Å². The number of carbonyl (C=O) groups is 1. The molecule has 0 aromatic carbocycles. The summed E-state index contributed by atoms with van der Waals surface area (Å²) in [6.07, 6.45) is 9.17. The van der Waals surface area contributed by atoms with Crippen LogP contribution in [0.4, 0.5) is 5.82 Å². The van der Waals surface area contributed by atoms with Crippen molar-refractivity contribution in [2.75, 3.05) is 24.5 Å². The second kappa shape index (κ2) is 7.14. The van der Waals surface area contributed by atoms with Gasteiger partial charge in [0.15, 0.2) is 0 Å². The van der Waals surface area contributed by atoms with Crippen molar-refractivity contribution in [1.29, 1.82) is 0 Å². The Morgan fingerprint density at radius 1 is 1.21 bits per heavy atom. The third kappa shape index (κ3) is 3.24. The predicted octanol–water partition coefficient (Wildman–Crippen LogP) is 0.248. The highest BCUT2D eigenvalue weighted by Gasteiger charge is 2.42. The Labute approximate surface area is 163 Å². The number of nitrogens with one attached hydrogen (secondary N) is 3. The molecule has 4 unspecified atom stereocenters. The zero-order valence-corrected chi connectivity index (χ0v) is 16.0. The molecule has 9 heteroatoms. The first-order chi connectivity index (χ1) is 13.7. The van der Waals surface area contributed by atoms with E-state index >= 15 is 0 Å². The fourth-order valence-corrected chi connectivity index (χ4v) is 4.84. The molecular formula is C19H26N8O. The van der Waals surface area contributed by atoms with Gasteiger partial charge in [-0.3, -0.25) is 14.9 Å². The Balaban J connectivity index is 1.36. The van der Waals surface area contributed by atoms with E-state index in [0.29, 0.717) is 31.0 Å². The molecule has 4 heterocycles. The number of aromatic nitrogens is 4. The number of piperazine rings is 1. The molecule has 148 valence electrons. The van der Waals surface area contributed by atoms with Crippen molar-refractivity contribution in [3.63, 3.8) is 0 Å². The van der Waals surface area contributed by atoms with Gasteiger partial charge in [-0.1, -0.05) is 0 Å². The lowest BCUT2D eigenvalue weighted by molar-refractivity contribution is -0.120. The Morgan fingerprint density at radius 3 is 2.96 bits per heavy atom. The summed E-state index contributed by atoms with van der Waals surface area (Å²) in [7, 11) is 1.97. The lowest BCUT2D eigenvalue weighted by Crippen LogP contribution is -2.48. The predicted molar refractivity (Wildman–Crippen MR) is 103 cm³/mol.